The van der Waals surface area contributed by atoms with Crippen molar-refractivity contribution in [3.63, 3.8) is 0 Å². The summed E-state index contributed by atoms with van der Waals surface area (Å²) >= 11 is 0. The zero-order valence-corrected chi connectivity index (χ0v) is 27.2. The van der Waals surface area contributed by atoms with Crippen LogP contribution in [0.15, 0.2) is 30.3 Å². The van der Waals surface area contributed by atoms with Gasteiger partial charge >= 0.3 is 12.1 Å². The molecule has 9 N–H and O–H groups in total. The Hall–Kier alpha value is -4.17. The number of carboxylic acids is 1. The van der Waals surface area contributed by atoms with Crippen molar-refractivity contribution in [1.82, 2.24) is 21.3 Å². The van der Waals surface area contributed by atoms with Crippen LogP contribution in [0, 0.1) is 0 Å². The molecule has 1 aromatic carbocycles. The Morgan fingerprint density at radius 3 is 1.93 bits per heavy atom. The third-order valence-electron chi connectivity index (χ3n) is 7.07. The van der Waals surface area contributed by atoms with E-state index < -0.39 is 66.2 Å². The highest BCUT2D eigenvalue weighted by Crippen LogP contribution is 2.30. The number of amides is 4. The molecule has 0 fully saturated rings. The van der Waals surface area contributed by atoms with Crippen LogP contribution in [0.4, 0.5) is 4.79 Å². The fourth-order valence-corrected chi connectivity index (χ4v) is 4.75. The van der Waals surface area contributed by atoms with Crippen molar-refractivity contribution in [2.75, 3.05) is 13.1 Å². The first-order valence-electron chi connectivity index (χ1n) is 15.7. The second-order valence-electron chi connectivity index (χ2n) is 12.2. The predicted octanol–water partition coefficient (Wildman–Crippen LogP) is 1.91. The Morgan fingerprint density at radius 2 is 1.39 bits per heavy atom. The predicted molar refractivity (Wildman–Crippen MR) is 172 cm³/mol. The van der Waals surface area contributed by atoms with Crippen LogP contribution < -0.4 is 37.5 Å². The van der Waals surface area contributed by atoms with E-state index >= 15 is 0 Å². The SMILES string of the molecule is CC1=CC(NC(=O)C(CCCCN)NC(=O)C(CCCCN)NC(=O)C(CCC(=O)O)NC(=O)OC(C)(C)C)Oc2ccccc21. The summed E-state index contributed by atoms with van der Waals surface area (Å²) in [5.41, 5.74) is 12.3. The van der Waals surface area contributed by atoms with Gasteiger partial charge in [-0.3, -0.25) is 19.2 Å². The molecule has 4 atom stereocenters. The van der Waals surface area contributed by atoms with Crippen LogP contribution in [0.5, 0.6) is 5.75 Å². The number of carboxylic acid groups (broad SMARTS) is 1. The van der Waals surface area contributed by atoms with Gasteiger partial charge in [-0.15, -0.1) is 0 Å². The number of unbranched alkanes of at least 4 members (excludes halogenated alkanes) is 2. The maximum atomic E-state index is 13.6. The average molecular weight is 647 g/mol. The molecule has 0 saturated heterocycles. The van der Waals surface area contributed by atoms with Crippen LogP contribution in [-0.4, -0.2) is 77.9 Å². The van der Waals surface area contributed by atoms with Gasteiger partial charge in [0.05, 0.1) is 0 Å². The standard InChI is InChI=1S/C32H50N6O8/c1-20-19-26(45-25-14-6-5-11-21(20)25)38-30(43)23(13-8-10-18-34)36-28(41)22(12-7-9-17-33)35-29(42)24(15-16-27(39)40)37-31(44)46-32(2,3)4/h5-6,11,14,19,22-24,26H,7-10,12-13,15-18,33-34H2,1-4H3,(H,35,42)(H,36,41)(H,37,44)(H,38,43)(H,39,40). The highest BCUT2D eigenvalue weighted by molar-refractivity contribution is 5.94. The van der Waals surface area contributed by atoms with Gasteiger partial charge in [0.25, 0.3) is 0 Å². The second kappa shape index (κ2) is 18.7. The third-order valence-corrected chi connectivity index (χ3v) is 7.07. The Morgan fingerprint density at radius 1 is 0.848 bits per heavy atom. The van der Waals surface area contributed by atoms with Crippen LogP contribution in [-0.2, 0) is 23.9 Å². The molecule has 256 valence electrons. The summed E-state index contributed by atoms with van der Waals surface area (Å²) in [5, 5.41) is 19.8. The molecule has 14 heteroatoms. The average Bonchev–Trinajstić information content (AvgIpc) is 2.97. The fraction of sp³-hybridized carbons (Fsp3) is 0.594. The van der Waals surface area contributed by atoms with Crippen LogP contribution in [0.2, 0.25) is 0 Å². The minimum Gasteiger partial charge on any atom is -0.481 e. The summed E-state index contributed by atoms with van der Waals surface area (Å²) in [6, 6.07) is 4.10. The molecule has 0 bridgehead atoms. The van der Waals surface area contributed by atoms with Crippen LogP contribution >= 0.6 is 0 Å². The number of hydrogen-bond donors (Lipinski definition) is 7. The lowest BCUT2D eigenvalue weighted by Gasteiger charge is -2.28. The van der Waals surface area contributed by atoms with Crippen molar-refractivity contribution in [2.45, 2.75) is 109 Å². The van der Waals surface area contributed by atoms with Crippen LogP contribution in [0.3, 0.4) is 0 Å². The summed E-state index contributed by atoms with van der Waals surface area (Å²) in [5.74, 6) is -2.40. The van der Waals surface area contributed by atoms with Gasteiger partial charge in [0.2, 0.25) is 17.7 Å². The normalized spacial score (nSPS) is 16.0. The Kier molecular flexibility index (Phi) is 15.5. The van der Waals surface area contributed by atoms with E-state index in [4.69, 9.17) is 20.9 Å². The summed E-state index contributed by atoms with van der Waals surface area (Å²) in [6.07, 6.45) is 2.18. The molecule has 1 aliphatic heterocycles. The number of hydrogen-bond acceptors (Lipinski definition) is 9. The van der Waals surface area contributed by atoms with Gasteiger partial charge in [0.1, 0.15) is 29.5 Å². The van der Waals surface area contributed by atoms with E-state index in [0.717, 1.165) is 11.1 Å². The number of carbonyl (C=O) groups is 5. The first kappa shape index (κ1) is 38.0. The zero-order valence-electron chi connectivity index (χ0n) is 27.2. The molecule has 0 aromatic heterocycles. The number of alkyl carbamates (subject to hydrolysis) is 1. The number of nitrogens with two attached hydrogens (primary N) is 2. The number of fused-ring (bicyclic) bond motifs is 1. The molecule has 0 saturated carbocycles. The molecule has 4 unspecified atom stereocenters. The van der Waals surface area contributed by atoms with Crippen LogP contribution in [0.1, 0.15) is 84.6 Å². The van der Waals surface area contributed by atoms with Crippen molar-refractivity contribution in [2.24, 2.45) is 11.5 Å². The second-order valence-corrected chi connectivity index (χ2v) is 12.2. The number of para-hydroxylation sites is 1. The van der Waals surface area contributed by atoms with Crippen molar-refractivity contribution in [3.8, 4) is 5.75 Å². The first-order valence-corrected chi connectivity index (χ1v) is 15.7. The van der Waals surface area contributed by atoms with E-state index in [9.17, 15) is 29.1 Å². The molecule has 0 spiro atoms. The molecular formula is C32H50N6O8. The van der Waals surface area contributed by atoms with Gasteiger partial charge < -0.3 is 47.3 Å². The molecule has 4 amide bonds. The van der Waals surface area contributed by atoms with Gasteiger partial charge in [-0.05, 0) is 103 Å². The molecular weight excluding hydrogens is 596 g/mol. The molecule has 1 heterocycles. The Balaban J connectivity index is 2.21. The number of allylic oxidation sites excluding steroid dienone is 1. The van der Waals surface area contributed by atoms with E-state index in [-0.39, 0.29) is 19.3 Å². The van der Waals surface area contributed by atoms with Gasteiger partial charge in [-0.25, -0.2) is 4.79 Å². The maximum Gasteiger partial charge on any atom is 0.408 e. The number of ether oxygens (including phenoxy) is 2. The number of benzene rings is 1. The van der Waals surface area contributed by atoms with Crippen molar-refractivity contribution < 1.29 is 38.6 Å². The molecule has 1 aliphatic rings. The lowest BCUT2D eigenvalue weighted by molar-refractivity contribution is -0.137. The zero-order chi connectivity index (χ0) is 34.3. The van der Waals surface area contributed by atoms with E-state index in [1.165, 1.54) is 0 Å². The third kappa shape index (κ3) is 13.4. The van der Waals surface area contributed by atoms with E-state index in [1.807, 2.05) is 31.2 Å². The monoisotopic (exact) mass is 646 g/mol. The quantitative estimate of drug-likeness (QED) is 0.115. The van der Waals surface area contributed by atoms with Gasteiger partial charge in [-0.1, -0.05) is 18.2 Å². The summed E-state index contributed by atoms with van der Waals surface area (Å²) in [7, 11) is 0. The highest BCUT2D eigenvalue weighted by Gasteiger charge is 2.31. The summed E-state index contributed by atoms with van der Waals surface area (Å²) in [6.45, 7) is 7.63. The van der Waals surface area contributed by atoms with Crippen molar-refractivity contribution >= 4 is 35.4 Å². The first-order chi connectivity index (χ1) is 21.7. The van der Waals surface area contributed by atoms with Gasteiger partial charge in [-0.2, -0.15) is 0 Å². The number of aliphatic carboxylic acids is 1. The summed E-state index contributed by atoms with van der Waals surface area (Å²) < 4.78 is 11.2. The largest absolute Gasteiger partial charge is 0.481 e. The van der Waals surface area contributed by atoms with Crippen molar-refractivity contribution in [3.05, 3.63) is 35.9 Å². The van der Waals surface area contributed by atoms with Gasteiger partial charge in [0, 0.05) is 12.0 Å². The topological polar surface area (TPSA) is 224 Å². The molecule has 14 nitrogen and oxygen atoms in total. The fourth-order valence-electron chi connectivity index (χ4n) is 4.75. The highest BCUT2D eigenvalue weighted by atomic mass is 16.6. The minimum atomic E-state index is -1.29. The number of rotatable bonds is 18. The van der Waals surface area contributed by atoms with Crippen molar-refractivity contribution in [1.29, 1.82) is 0 Å². The molecule has 0 aliphatic carbocycles. The van der Waals surface area contributed by atoms with E-state index in [2.05, 4.69) is 21.3 Å². The smallest absolute Gasteiger partial charge is 0.408 e. The van der Waals surface area contributed by atoms with E-state index in [0.29, 0.717) is 44.5 Å². The Bertz CT molecular complexity index is 1230. The molecule has 1 aromatic rings. The Labute approximate surface area is 270 Å². The van der Waals surface area contributed by atoms with Gasteiger partial charge in [0.15, 0.2) is 6.23 Å². The van der Waals surface area contributed by atoms with E-state index in [1.54, 1.807) is 26.8 Å². The molecule has 46 heavy (non-hydrogen) atoms. The molecule has 0 radical (unpaired) electrons. The number of carbonyl (C=O) groups excluding carboxylic acids is 4. The summed E-state index contributed by atoms with van der Waals surface area (Å²) in [4.78, 5) is 64.1. The molecule has 2 rings (SSSR count). The minimum absolute atomic E-state index is 0.189. The number of nitrogens with one attached hydrogen (secondary N) is 4. The maximum absolute atomic E-state index is 13.6. The lowest BCUT2D eigenvalue weighted by atomic mass is 10.0. The van der Waals surface area contributed by atoms with Crippen LogP contribution in [0.25, 0.3) is 5.57 Å². The lowest BCUT2D eigenvalue weighted by Crippen LogP contribution is -2.57.